The van der Waals surface area contributed by atoms with Crippen molar-refractivity contribution >= 4 is 28.6 Å². The maximum absolute atomic E-state index is 12.9. The molecule has 4 heteroatoms. The van der Waals surface area contributed by atoms with Gasteiger partial charge >= 0.3 is 0 Å². The van der Waals surface area contributed by atoms with Crippen LogP contribution in [0.15, 0.2) is 22.7 Å². The van der Waals surface area contributed by atoms with E-state index in [0.717, 1.165) is 12.2 Å². The lowest BCUT2D eigenvalue weighted by Gasteiger charge is -2.05. The molecule has 0 unspecified atom stereocenters. The zero-order valence-corrected chi connectivity index (χ0v) is 9.45. The van der Waals surface area contributed by atoms with Gasteiger partial charge in [0.1, 0.15) is 11.6 Å². The van der Waals surface area contributed by atoms with Crippen LogP contribution in [-0.2, 0) is 0 Å². The van der Waals surface area contributed by atoms with Gasteiger partial charge < -0.3 is 4.74 Å². The standard InChI is InChI=1S/C9H10BrFOS/c10-8-3-2-7(6-9(8)11)12-4-1-5-13/h2-3,6,13H,1,4-5H2. The molecule has 0 aliphatic carbocycles. The number of benzene rings is 1. The Labute approximate surface area is 90.8 Å². The van der Waals surface area contributed by atoms with E-state index in [-0.39, 0.29) is 5.82 Å². The third-order valence-corrected chi connectivity index (χ3v) is 2.42. The summed E-state index contributed by atoms with van der Waals surface area (Å²) in [5.74, 6) is 1.03. The van der Waals surface area contributed by atoms with E-state index in [1.807, 2.05) is 0 Å². The lowest BCUT2D eigenvalue weighted by atomic mass is 10.3. The van der Waals surface area contributed by atoms with E-state index in [2.05, 4.69) is 28.6 Å². The van der Waals surface area contributed by atoms with Crippen LogP contribution in [0.2, 0.25) is 0 Å². The van der Waals surface area contributed by atoms with Gasteiger partial charge in [-0.1, -0.05) is 0 Å². The van der Waals surface area contributed by atoms with Crippen LogP contribution < -0.4 is 4.74 Å². The summed E-state index contributed by atoms with van der Waals surface area (Å²) in [6, 6.07) is 4.72. The third-order valence-electron chi connectivity index (χ3n) is 1.46. The van der Waals surface area contributed by atoms with Crippen molar-refractivity contribution in [3.8, 4) is 5.75 Å². The molecule has 1 rings (SSSR count). The molecule has 1 nitrogen and oxygen atoms in total. The van der Waals surface area contributed by atoms with E-state index >= 15 is 0 Å². The highest BCUT2D eigenvalue weighted by molar-refractivity contribution is 9.10. The lowest BCUT2D eigenvalue weighted by Crippen LogP contribution is -1.97. The summed E-state index contributed by atoms with van der Waals surface area (Å²) in [4.78, 5) is 0. The minimum absolute atomic E-state index is 0.302. The average Bonchev–Trinajstić information content (AvgIpc) is 2.12. The fraction of sp³-hybridized carbons (Fsp3) is 0.333. The number of hydrogen-bond acceptors (Lipinski definition) is 2. The van der Waals surface area contributed by atoms with Crippen molar-refractivity contribution in [3.63, 3.8) is 0 Å². The summed E-state index contributed by atoms with van der Waals surface area (Å²) in [7, 11) is 0. The van der Waals surface area contributed by atoms with E-state index in [1.165, 1.54) is 6.07 Å². The average molecular weight is 265 g/mol. The topological polar surface area (TPSA) is 9.23 Å². The molecule has 0 fully saturated rings. The van der Waals surface area contributed by atoms with Crippen LogP contribution in [0.4, 0.5) is 4.39 Å². The predicted octanol–water partition coefficient (Wildman–Crippen LogP) is 3.29. The molecule has 0 heterocycles. The van der Waals surface area contributed by atoms with Crippen molar-refractivity contribution in [2.45, 2.75) is 6.42 Å². The molecule has 13 heavy (non-hydrogen) atoms. The Bertz CT molecular complexity index is 280. The number of thiol groups is 1. The Hall–Kier alpha value is -0.220. The lowest BCUT2D eigenvalue weighted by molar-refractivity contribution is 0.317. The normalized spacial score (nSPS) is 10.1. The molecular weight excluding hydrogens is 255 g/mol. The van der Waals surface area contributed by atoms with E-state index in [1.54, 1.807) is 12.1 Å². The maximum atomic E-state index is 12.9. The fourth-order valence-electron chi connectivity index (χ4n) is 0.821. The fourth-order valence-corrected chi connectivity index (χ4v) is 1.20. The van der Waals surface area contributed by atoms with Crippen molar-refractivity contribution in [2.24, 2.45) is 0 Å². The smallest absolute Gasteiger partial charge is 0.141 e. The van der Waals surface area contributed by atoms with Gasteiger partial charge in [0.15, 0.2) is 0 Å². The van der Waals surface area contributed by atoms with Crippen LogP contribution in [0.25, 0.3) is 0 Å². The van der Waals surface area contributed by atoms with Crippen LogP contribution in [0, 0.1) is 5.82 Å². The minimum atomic E-state index is -0.302. The minimum Gasteiger partial charge on any atom is -0.493 e. The molecular formula is C9H10BrFOS. The molecule has 0 saturated heterocycles. The highest BCUT2D eigenvalue weighted by atomic mass is 79.9. The largest absolute Gasteiger partial charge is 0.493 e. The molecule has 1 aromatic carbocycles. The Balaban J connectivity index is 2.53. The summed E-state index contributed by atoms with van der Waals surface area (Å²) >= 11 is 7.11. The highest BCUT2D eigenvalue weighted by Gasteiger charge is 2.00. The third kappa shape index (κ3) is 3.56. The number of hydrogen-bond donors (Lipinski definition) is 1. The second-order valence-corrected chi connectivity index (χ2v) is 3.80. The summed E-state index contributed by atoms with van der Waals surface area (Å²) in [5, 5.41) is 0. The van der Waals surface area contributed by atoms with Crippen molar-refractivity contribution in [1.82, 2.24) is 0 Å². The zero-order valence-electron chi connectivity index (χ0n) is 6.96. The summed E-state index contributed by atoms with van der Waals surface area (Å²) in [5.41, 5.74) is 0. The number of halogens is 2. The van der Waals surface area contributed by atoms with Gasteiger partial charge in [-0.3, -0.25) is 0 Å². The van der Waals surface area contributed by atoms with Crippen molar-refractivity contribution < 1.29 is 9.13 Å². The molecule has 0 saturated carbocycles. The van der Waals surface area contributed by atoms with Gasteiger partial charge in [0.2, 0.25) is 0 Å². The Morgan fingerprint density at radius 2 is 2.23 bits per heavy atom. The molecule has 0 radical (unpaired) electrons. The van der Waals surface area contributed by atoms with E-state index in [0.29, 0.717) is 16.8 Å². The van der Waals surface area contributed by atoms with Crippen LogP contribution in [0.5, 0.6) is 5.75 Å². The van der Waals surface area contributed by atoms with E-state index in [4.69, 9.17) is 4.74 Å². The van der Waals surface area contributed by atoms with Gasteiger partial charge in [0, 0.05) is 6.07 Å². The molecule has 0 spiro atoms. The first-order chi connectivity index (χ1) is 6.24. The predicted molar refractivity (Wildman–Crippen MR) is 58.1 cm³/mol. The van der Waals surface area contributed by atoms with E-state index in [9.17, 15) is 4.39 Å². The van der Waals surface area contributed by atoms with Crippen molar-refractivity contribution in [1.29, 1.82) is 0 Å². The molecule has 0 amide bonds. The molecule has 72 valence electrons. The molecule has 1 aromatic rings. The van der Waals surface area contributed by atoms with E-state index < -0.39 is 0 Å². The van der Waals surface area contributed by atoms with Gasteiger partial charge in [0.05, 0.1) is 11.1 Å². The molecule has 0 N–H and O–H groups in total. The number of ether oxygens (including phenoxy) is 1. The second-order valence-electron chi connectivity index (χ2n) is 2.50. The molecule has 0 aromatic heterocycles. The first-order valence-electron chi connectivity index (χ1n) is 3.93. The monoisotopic (exact) mass is 264 g/mol. The molecule has 0 aliphatic rings. The Kier molecular flexibility index (Phi) is 4.59. The van der Waals surface area contributed by atoms with Gasteiger partial charge in [-0.25, -0.2) is 4.39 Å². The van der Waals surface area contributed by atoms with Gasteiger partial charge in [-0.05, 0) is 40.2 Å². The van der Waals surface area contributed by atoms with Gasteiger partial charge in [0.25, 0.3) is 0 Å². The van der Waals surface area contributed by atoms with Crippen molar-refractivity contribution in [3.05, 3.63) is 28.5 Å². The second kappa shape index (κ2) is 5.50. The Morgan fingerprint density at radius 1 is 1.46 bits per heavy atom. The van der Waals surface area contributed by atoms with Gasteiger partial charge in [-0.2, -0.15) is 12.6 Å². The van der Waals surface area contributed by atoms with Crippen LogP contribution in [0.3, 0.4) is 0 Å². The summed E-state index contributed by atoms with van der Waals surface area (Å²) in [6.07, 6.45) is 0.862. The van der Waals surface area contributed by atoms with Crippen molar-refractivity contribution in [2.75, 3.05) is 12.4 Å². The van der Waals surface area contributed by atoms with Gasteiger partial charge in [-0.15, -0.1) is 0 Å². The quantitative estimate of drug-likeness (QED) is 0.649. The maximum Gasteiger partial charge on any atom is 0.141 e. The van der Waals surface area contributed by atoms with Crippen LogP contribution in [0.1, 0.15) is 6.42 Å². The van der Waals surface area contributed by atoms with Crippen LogP contribution in [-0.4, -0.2) is 12.4 Å². The summed E-state index contributed by atoms with van der Waals surface area (Å²) < 4.78 is 18.7. The molecule has 0 aliphatic heterocycles. The SMILES string of the molecule is Fc1cc(OCCCS)ccc1Br. The number of rotatable bonds is 4. The molecule has 0 bridgehead atoms. The first kappa shape index (κ1) is 10.9. The summed E-state index contributed by atoms with van der Waals surface area (Å²) in [6.45, 7) is 0.574. The first-order valence-corrected chi connectivity index (χ1v) is 5.35. The van der Waals surface area contributed by atoms with Crippen LogP contribution >= 0.6 is 28.6 Å². The highest BCUT2D eigenvalue weighted by Crippen LogP contribution is 2.20. The zero-order chi connectivity index (χ0) is 9.68. The Morgan fingerprint density at radius 3 is 2.85 bits per heavy atom. The molecule has 0 atom stereocenters.